The van der Waals surface area contributed by atoms with Gasteiger partial charge in [-0.1, -0.05) is 13.8 Å². The molecule has 1 aliphatic heterocycles. The Labute approximate surface area is 101 Å². The van der Waals surface area contributed by atoms with Crippen LogP contribution in [0.5, 0.6) is 0 Å². The molecule has 1 aliphatic rings. The van der Waals surface area contributed by atoms with E-state index in [1.54, 1.807) is 11.9 Å². The van der Waals surface area contributed by atoms with Crippen molar-refractivity contribution in [1.29, 1.82) is 0 Å². The molecule has 5 heteroatoms. The molecular weight excluding hydrogens is 228 g/mol. The van der Waals surface area contributed by atoms with Gasteiger partial charge in [0.2, 0.25) is 11.1 Å². The molecule has 1 heterocycles. The van der Waals surface area contributed by atoms with E-state index in [1.807, 2.05) is 13.8 Å². The Balaban J connectivity index is 2.75. The van der Waals surface area contributed by atoms with Crippen LogP contribution < -0.4 is 5.32 Å². The molecule has 0 unspecified atom stereocenters. The molecule has 0 radical (unpaired) electrons. The highest BCUT2D eigenvalue weighted by atomic mass is 35.5. The summed E-state index contributed by atoms with van der Waals surface area (Å²) >= 11 is 5.50. The maximum Gasteiger partial charge on any atom is 0.244 e. The maximum atomic E-state index is 12.2. The lowest BCUT2D eigenvalue weighted by molar-refractivity contribution is -0.138. The van der Waals surface area contributed by atoms with Crippen LogP contribution in [0.2, 0.25) is 0 Å². The SMILES string of the molecule is CN[C@H](C(=O)N1CCC[C@H]1C(=O)Cl)C(C)C. The van der Waals surface area contributed by atoms with Crippen LogP contribution in [0.4, 0.5) is 0 Å². The minimum Gasteiger partial charge on any atom is -0.330 e. The van der Waals surface area contributed by atoms with Crippen LogP contribution in [0.15, 0.2) is 0 Å². The van der Waals surface area contributed by atoms with Crippen LogP contribution in [0, 0.1) is 5.92 Å². The fourth-order valence-electron chi connectivity index (χ4n) is 2.19. The number of amides is 1. The van der Waals surface area contributed by atoms with E-state index in [2.05, 4.69) is 5.32 Å². The zero-order chi connectivity index (χ0) is 12.3. The van der Waals surface area contributed by atoms with Crippen molar-refractivity contribution >= 4 is 22.8 Å². The molecular formula is C11H19ClN2O2. The third kappa shape index (κ3) is 2.74. The molecule has 1 amide bonds. The van der Waals surface area contributed by atoms with Crippen LogP contribution in [-0.4, -0.2) is 41.7 Å². The molecule has 0 aromatic heterocycles. The van der Waals surface area contributed by atoms with Crippen LogP contribution in [0.1, 0.15) is 26.7 Å². The lowest BCUT2D eigenvalue weighted by Gasteiger charge is -2.28. The number of nitrogens with one attached hydrogen (secondary N) is 1. The summed E-state index contributed by atoms with van der Waals surface area (Å²) in [6.45, 7) is 4.59. The fraction of sp³-hybridized carbons (Fsp3) is 0.818. The summed E-state index contributed by atoms with van der Waals surface area (Å²) in [4.78, 5) is 25.0. The van der Waals surface area contributed by atoms with E-state index in [-0.39, 0.29) is 17.9 Å². The second kappa shape index (κ2) is 5.64. The third-order valence-corrected chi connectivity index (χ3v) is 3.29. The van der Waals surface area contributed by atoms with Gasteiger partial charge in [-0.15, -0.1) is 0 Å². The van der Waals surface area contributed by atoms with Gasteiger partial charge in [0, 0.05) is 6.54 Å². The standard InChI is InChI=1S/C11H19ClN2O2/c1-7(2)9(13-3)11(16)14-6-4-5-8(14)10(12)15/h7-9,13H,4-6H2,1-3H3/t8-,9-/m0/s1. The molecule has 0 aromatic rings. The molecule has 1 N–H and O–H groups in total. The summed E-state index contributed by atoms with van der Waals surface area (Å²) in [5.41, 5.74) is 0. The summed E-state index contributed by atoms with van der Waals surface area (Å²) in [7, 11) is 1.76. The number of carbonyl (C=O) groups excluding carboxylic acids is 2. The molecule has 92 valence electrons. The van der Waals surface area contributed by atoms with Crippen molar-refractivity contribution in [2.24, 2.45) is 5.92 Å². The van der Waals surface area contributed by atoms with Gasteiger partial charge >= 0.3 is 0 Å². The molecule has 16 heavy (non-hydrogen) atoms. The zero-order valence-electron chi connectivity index (χ0n) is 10.00. The summed E-state index contributed by atoms with van der Waals surface area (Å²) < 4.78 is 0. The Morgan fingerprint density at radius 3 is 2.50 bits per heavy atom. The Morgan fingerprint density at radius 1 is 1.44 bits per heavy atom. The summed E-state index contributed by atoms with van der Waals surface area (Å²) in [5, 5.41) is 2.57. The van der Waals surface area contributed by atoms with Crippen molar-refractivity contribution in [1.82, 2.24) is 10.2 Å². The molecule has 0 bridgehead atoms. The van der Waals surface area contributed by atoms with Gasteiger partial charge in [-0.3, -0.25) is 9.59 Å². The van der Waals surface area contributed by atoms with Crippen molar-refractivity contribution in [3.63, 3.8) is 0 Å². The zero-order valence-corrected chi connectivity index (χ0v) is 10.8. The first-order valence-electron chi connectivity index (χ1n) is 5.66. The van der Waals surface area contributed by atoms with Crippen molar-refractivity contribution in [3.8, 4) is 0 Å². The first kappa shape index (κ1) is 13.5. The number of halogens is 1. The molecule has 1 saturated heterocycles. The molecule has 2 atom stereocenters. The summed E-state index contributed by atoms with van der Waals surface area (Å²) in [6.07, 6.45) is 1.53. The van der Waals surface area contributed by atoms with Gasteiger partial charge in [0.15, 0.2) is 0 Å². The number of likely N-dealkylation sites (tertiary alicyclic amines) is 1. The average molecular weight is 247 g/mol. The average Bonchev–Trinajstić information content (AvgIpc) is 2.65. The first-order chi connectivity index (χ1) is 7.49. The topological polar surface area (TPSA) is 49.4 Å². The van der Waals surface area contributed by atoms with Gasteiger partial charge in [-0.05, 0) is 37.4 Å². The summed E-state index contributed by atoms with van der Waals surface area (Å²) in [6, 6.07) is -0.666. The number of hydrogen-bond acceptors (Lipinski definition) is 3. The molecule has 1 fully saturated rings. The van der Waals surface area contributed by atoms with Gasteiger partial charge in [0.1, 0.15) is 6.04 Å². The molecule has 4 nitrogen and oxygen atoms in total. The quantitative estimate of drug-likeness (QED) is 0.753. The van der Waals surface area contributed by atoms with Crippen molar-refractivity contribution in [2.45, 2.75) is 38.8 Å². The smallest absolute Gasteiger partial charge is 0.244 e. The van der Waals surface area contributed by atoms with E-state index in [0.717, 1.165) is 6.42 Å². The third-order valence-electron chi connectivity index (χ3n) is 3.04. The number of hydrogen-bond donors (Lipinski definition) is 1. The van der Waals surface area contributed by atoms with E-state index in [1.165, 1.54) is 0 Å². The maximum absolute atomic E-state index is 12.2. The lowest BCUT2D eigenvalue weighted by atomic mass is 10.0. The first-order valence-corrected chi connectivity index (χ1v) is 6.04. The second-order valence-corrected chi connectivity index (χ2v) is 4.88. The van der Waals surface area contributed by atoms with Crippen LogP contribution in [-0.2, 0) is 9.59 Å². The Bertz CT molecular complexity index is 281. The number of nitrogens with zero attached hydrogens (tertiary/aromatic N) is 1. The number of rotatable bonds is 4. The molecule has 0 aliphatic carbocycles. The number of carbonyl (C=O) groups is 2. The highest BCUT2D eigenvalue weighted by molar-refractivity contribution is 6.64. The van der Waals surface area contributed by atoms with Gasteiger partial charge in [-0.2, -0.15) is 0 Å². The Hall–Kier alpha value is -0.610. The lowest BCUT2D eigenvalue weighted by Crippen LogP contribution is -2.50. The number of likely N-dealkylation sites (N-methyl/N-ethyl adjacent to an activating group) is 1. The molecule has 0 saturated carbocycles. The molecule has 1 rings (SSSR count). The van der Waals surface area contributed by atoms with E-state index < -0.39 is 11.3 Å². The van der Waals surface area contributed by atoms with E-state index in [4.69, 9.17) is 11.6 Å². The van der Waals surface area contributed by atoms with Gasteiger partial charge in [0.25, 0.3) is 0 Å². The normalized spacial score (nSPS) is 22.6. The predicted octanol–water partition coefficient (Wildman–Crippen LogP) is 0.987. The fourth-order valence-corrected chi connectivity index (χ4v) is 2.41. The van der Waals surface area contributed by atoms with Crippen molar-refractivity contribution < 1.29 is 9.59 Å². The van der Waals surface area contributed by atoms with Crippen molar-refractivity contribution in [3.05, 3.63) is 0 Å². The monoisotopic (exact) mass is 246 g/mol. The van der Waals surface area contributed by atoms with E-state index in [0.29, 0.717) is 13.0 Å². The Kier molecular flexibility index (Phi) is 4.74. The van der Waals surface area contributed by atoms with Gasteiger partial charge < -0.3 is 10.2 Å². The minimum absolute atomic E-state index is 0.0194. The molecule has 0 aromatic carbocycles. The largest absolute Gasteiger partial charge is 0.330 e. The van der Waals surface area contributed by atoms with Gasteiger partial charge in [0.05, 0.1) is 6.04 Å². The second-order valence-electron chi connectivity index (χ2n) is 4.50. The van der Waals surface area contributed by atoms with E-state index >= 15 is 0 Å². The summed E-state index contributed by atoms with van der Waals surface area (Å²) in [5.74, 6) is 0.179. The van der Waals surface area contributed by atoms with Gasteiger partial charge in [-0.25, -0.2) is 0 Å². The highest BCUT2D eigenvalue weighted by Gasteiger charge is 2.36. The van der Waals surface area contributed by atoms with E-state index in [9.17, 15) is 9.59 Å². The molecule has 0 spiro atoms. The highest BCUT2D eigenvalue weighted by Crippen LogP contribution is 2.21. The minimum atomic E-state index is -0.427. The van der Waals surface area contributed by atoms with Crippen LogP contribution >= 0.6 is 11.6 Å². The van der Waals surface area contributed by atoms with Crippen LogP contribution in [0.25, 0.3) is 0 Å². The van der Waals surface area contributed by atoms with Crippen molar-refractivity contribution in [2.75, 3.05) is 13.6 Å². The van der Waals surface area contributed by atoms with Crippen LogP contribution in [0.3, 0.4) is 0 Å². The Morgan fingerprint density at radius 2 is 2.06 bits per heavy atom. The predicted molar refractivity (Wildman–Crippen MR) is 63.3 cm³/mol.